The van der Waals surface area contributed by atoms with Crippen LogP contribution in [0.2, 0.25) is 0 Å². The maximum Gasteiger partial charge on any atom is 0.243 e. The number of rotatable bonds is 9. The number of hydrogen-bond donors (Lipinski definition) is 2. The predicted octanol–water partition coefficient (Wildman–Crippen LogP) is 4.08. The third-order valence-electron chi connectivity index (χ3n) is 4.71. The monoisotopic (exact) mass is 481 g/mol. The summed E-state index contributed by atoms with van der Waals surface area (Å²) in [7, 11) is -3.56. The van der Waals surface area contributed by atoms with Gasteiger partial charge in [0.2, 0.25) is 15.9 Å². The smallest absolute Gasteiger partial charge is 0.243 e. The van der Waals surface area contributed by atoms with Crippen LogP contribution in [0.3, 0.4) is 0 Å². The van der Waals surface area contributed by atoms with Gasteiger partial charge in [-0.3, -0.25) is 4.79 Å². The zero-order valence-electron chi connectivity index (χ0n) is 17.2. The second-order valence-corrected chi connectivity index (χ2v) is 9.59. The first kappa shape index (κ1) is 23.4. The average Bonchev–Trinajstić information content (AvgIpc) is 2.68. The van der Waals surface area contributed by atoms with Gasteiger partial charge in [0.15, 0.2) is 0 Å². The number of halogens is 1. The van der Waals surface area contributed by atoms with Crippen LogP contribution in [-0.2, 0) is 14.8 Å². The fourth-order valence-electron chi connectivity index (χ4n) is 3.00. The summed E-state index contributed by atoms with van der Waals surface area (Å²) in [4.78, 5) is 12.6. The van der Waals surface area contributed by atoms with Gasteiger partial charge in [-0.2, -0.15) is 4.31 Å². The number of anilines is 1. The highest BCUT2D eigenvalue weighted by Crippen LogP contribution is 2.23. The van der Waals surface area contributed by atoms with Gasteiger partial charge in [0.25, 0.3) is 0 Å². The molecule has 0 spiro atoms. The lowest BCUT2D eigenvalue weighted by atomic mass is 10.1. The molecule has 2 aromatic rings. The molecule has 0 saturated carbocycles. The van der Waals surface area contributed by atoms with E-state index in [9.17, 15) is 13.2 Å². The van der Waals surface area contributed by atoms with E-state index in [1.54, 1.807) is 25.1 Å². The minimum absolute atomic E-state index is 0.0503. The molecule has 1 amide bonds. The number of carbonyl (C=O) groups is 1. The van der Waals surface area contributed by atoms with E-state index >= 15 is 0 Å². The second kappa shape index (κ2) is 10.2. The summed E-state index contributed by atoms with van der Waals surface area (Å²) in [5.41, 5.74) is 2.27. The molecule has 2 aromatic carbocycles. The molecule has 158 valence electrons. The fraction of sp³-hybridized carbons (Fsp3) is 0.381. The molecule has 8 heteroatoms. The molecular formula is C21H28BrN3O3S. The molecular weight excluding hydrogens is 454 g/mol. The first-order valence-corrected chi connectivity index (χ1v) is 11.8. The van der Waals surface area contributed by atoms with Crippen molar-refractivity contribution < 1.29 is 13.2 Å². The summed E-state index contributed by atoms with van der Waals surface area (Å²) >= 11 is 3.40. The molecule has 0 aliphatic heterocycles. The van der Waals surface area contributed by atoms with Gasteiger partial charge in [0, 0.05) is 23.2 Å². The largest absolute Gasteiger partial charge is 0.376 e. The molecule has 29 heavy (non-hydrogen) atoms. The van der Waals surface area contributed by atoms with Crippen LogP contribution in [0.4, 0.5) is 5.69 Å². The van der Waals surface area contributed by atoms with Crippen molar-refractivity contribution in [2.45, 2.75) is 38.6 Å². The first-order chi connectivity index (χ1) is 13.7. The molecule has 2 rings (SSSR count). The number of hydrogen-bond acceptors (Lipinski definition) is 4. The lowest BCUT2D eigenvalue weighted by Crippen LogP contribution is -2.32. The van der Waals surface area contributed by atoms with Crippen LogP contribution in [0, 0.1) is 6.92 Å². The van der Waals surface area contributed by atoms with Gasteiger partial charge < -0.3 is 10.6 Å². The second-order valence-electron chi connectivity index (χ2n) is 6.76. The third-order valence-corrected chi connectivity index (χ3v) is 7.43. The lowest BCUT2D eigenvalue weighted by Gasteiger charge is -2.20. The van der Waals surface area contributed by atoms with Gasteiger partial charge >= 0.3 is 0 Å². The molecule has 6 nitrogen and oxygen atoms in total. The van der Waals surface area contributed by atoms with E-state index in [-0.39, 0.29) is 23.4 Å². The van der Waals surface area contributed by atoms with Gasteiger partial charge in [-0.05, 0) is 49.2 Å². The summed E-state index contributed by atoms with van der Waals surface area (Å²) in [6, 6.07) is 12.8. The van der Waals surface area contributed by atoms with E-state index in [0.717, 1.165) is 10.0 Å². The van der Waals surface area contributed by atoms with Gasteiger partial charge in [-0.1, -0.05) is 48.0 Å². The molecule has 0 bridgehead atoms. The zero-order valence-corrected chi connectivity index (χ0v) is 19.6. The van der Waals surface area contributed by atoms with Crippen molar-refractivity contribution in [2.24, 2.45) is 0 Å². The molecule has 0 saturated heterocycles. The SMILES string of the molecule is CCN(CC)S(=O)(=O)c1cc(NCC(=O)NC(C)c2ccc(Br)cc2)ccc1C. The molecule has 0 aromatic heterocycles. The number of aryl methyl sites for hydroxylation is 1. The average molecular weight is 482 g/mol. The van der Waals surface area contributed by atoms with E-state index in [1.807, 2.05) is 45.0 Å². The third kappa shape index (κ3) is 6.04. The Morgan fingerprint density at radius 3 is 2.31 bits per heavy atom. The summed E-state index contributed by atoms with van der Waals surface area (Å²) in [5.74, 6) is -0.172. The van der Waals surface area contributed by atoms with Crippen molar-refractivity contribution in [3.8, 4) is 0 Å². The molecule has 2 N–H and O–H groups in total. The Morgan fingerprint density at radius 2 is 1.72 bits per heavy atom. The molecule has 1 atom stereocenters. The highest BCUT2D eigenvalue weighted by molar-refractivity contribution is 9.10. The Hall–Kier alpha value is -1.90. The minimum Gasteiger partial charge on any atom is -0.376 e. The highest BCUT2D eigenvalue weighted by atomic mass is 79.9. The van der Waals surface area contributed by atoms with Crippen molar-refractivity contribution >= 4 is 37.5 Å². The Balaban J connectivity index is 2.05. The molecule has 0 heterocycles. The standard InChI is InChI=1S/C21H28BrN3O3S/c1-5-25(6-2)29(27,28)20-13-19(12-7-15(20)3)23-14-21(26)24-16(4)17-8-10-18(22)11-9-17/h7-13,16,23H,5-6,14H2,1-4H3,(H,24,26). The van der Waals surface area contributed by atoms with Crippen LogP contribution < -0.4 is 10.6 Å². The number of nitrogens with zero attached hydrogens (tertiary/aromatic N) is 1. The van der Waals surface area contributed by atoms with Crippen molar-refractivity contribution in [3.63, 3.8) is 0 Å². The molecule has 1 unspecified atom stereocenters. The topological polar surface area (TPSA) is 78.5 Å². The summed E-state index contributed by atoms with van der Waals surface area (Å²) in [6.07, 6.45) is 0. The lowest BCUT2D eigenvalue weighted by molar-refractivity contribution is -0.120. The molecule has 0 radical (unpaired) electrons. The van der Waals surface area contributed by atoms with Crippen LogP contribution >= 0.6 is 15.9 Å². The molecule has 0 aliphatic rings. The zero-order chi connectivity index (χ0) is 21.6. The number of benzene rings is 2. The van der Waals surface area contributed by atoms with E-state index in [1.165, 1.54) is 4.31 Å². The molecule has 0 fully saturated rings. The van der Waals surface area contributed by atoms with Crippen LogP contribution in [0.15, 0.2) is 51.8 Å². The number of amides is 1. The van der Waals surface area contributed by atoms with Crippen molar-refractivity contribution in [1.82, 2.24) is 9.62 Å². The quantitative estimate of drug-likeness (QED) is 0.565. The van der Waals surface area contributed by atoms with Crippen LogP contribution in [0.5, 0.6) is 0 Å². The number of sulfonamides is 1. The van der Waals surface area contributed by atoms with Crippen LogP contribution in [0.25, 0.3) is 0 Å². The van der Waals surface area contributed by atoms with E-state index < -0.39 is 10.0 Å². The molecule has 0 aliphatic carbocycles. The van der Waals surface area contributed by atoms with Crippen LogP contribution in [-0.4, -0.2) is 38.3 Å². The summed E-state index contributed by atoms with van der Waals surface area (Å²) in [6.45, 7) is 8.19. The Morgan fingerprint density at radius 1 is 1.10 bits per heavy atom. The minimum atomic E-state index is -3.56. The van der Waals surface area contributed by atoms with Gasteiger partial charge in [-0.15, -0.1) is 0 Å². The van der Waals surface area contributed by atoms with Crippen molar-refractivity contribution in [1.29, 1.82) is 0 Å². The van der Waals surface area contributed by atoms with Gasteiger partial charge in [-0.25, -0.2) is 8.42 Å². The summed E-state index contributed by atoms with van der Waals surface area (Å²) in [5, 5.41) is 5.96. The van der Waals surface area contributed by atoms with Crippen molar-refractivity contribution in [2.75, 3.05) is 25.0 Å². The number of carbonyl (C=O) groups excluding carboxylic acids is 1. The van der Waals surface area contributed by atoms with E-state index in [0.29, 0.717) is 24.3 Å². The fourth-order valence-corrected chi connectivity index (χ4v) is 4.97. The Labute approximate surface area is 181 Å². The van der Waals surface area contributed by atoms with E-state index in [4.69, 9.17) is 0 Å². The highest BCUT2D eigenvalue weighted by Gasteiger charge is 2.23. The first-order valence-electron chi connectivity index (χ1n) is 9.58. The normalized spacial score (nSPS) is 12.6. The van der Waals surface area contributed by atoms with Crippen molar-refractivity contribution in [3.05, 3.63) is 58.1 Å². The van der Waals surface area contributed by atoms with Gasteiger partial charge in [0.1, 0.15) is 0 Å². The summed E-state index contributed by atoms with van der Waals surface area (Å²) < 4.78 is 28.1. The predicted molar refractivity (Wildman–Crippen MR) is 120 cm³/mol. The van der Waals surface area contributed by atoms with Gasteiger partial charge in [0.05, 0.1) is 17.5 Å². The van der Waals surface area contributed by atoms with E-state index in [2.05, 4.69) is 26.6 Å². The maximum absolute atomic E-state index is 12.8. The Kier molecular flexibility index (Phi) is 8.24. The Bertz CT molecular complexity index is 942. The van der Waals surface area contributed by atoms with Crippen LogP contribution in [0.1, 0.15) is 37.9 Å². The number of nitrogens with one attached hydrogen (secondary N) is 2. The maximum atomic E-state index is 12.8.